The number of halogens is 1. The van der Waals surface area contributed by atoms with Crippen molar-refractivity contribution in [3.63, 3.8) is 0 Å². The summed E-state index contributed by atoms with van der Waals surface area (Å²) in [6, 6.07) is 19.1. The van der Waals surface area contributed by atoms with E-state index in [9.17, 15) is 14.0 Å². The third-order valence-electron chi connectivity index (χ3n) is 5.82. The Balaban J connectivity index is 1.82. The Bertz CT molecular complexity index is 1240. The summed E-state index contributed by atoms with van der Waals surface area (Å²) in [6.45, 7) is 8.14. The second-order valence-electron chi connectivity index (χ2n) is 8.35. The fourth-order valence-corrected chi connectivity index (χ4v) is 3.76. The molecule has 5 heteroatoms. The van der Waals surface area contributed by atoms with Gasteiger partial charge in [0, 0.05) is 5.69 Å². The molecule has 0 aliphatic carbocycles. The van der Waals surface area contributed by atoms with Crippen molar-refractivity contribution in [2.75, 3.05) is 10.2 Å². The summed E-state index contributed by atoms with van der Waals surface area (Å²) in [4.78, 5) is 27.8. The molecule has 1 heterocycles. The van der Waals surface area contributed by atoms with Crippen molar-refractivity contribution in [2.45, 2.75) is 33.6 Å². The molecule has 0 spiro atoms. The van der Waals surface area contributed by atoms with E-state index in [4.69, 9.17) is 0 Å². The quantitative estimate of drug-likeness (QED) is 0.510. The fourth-order valence-electron chi connectivity index (χ4n) is 3.76. The highest BCUT2D eigenvalue weighted by atomic mass is 19.1. The Hall–Kier alpha value is -3.73. The zero-order valence-corrected chi connectivity index (χ0v) is 18.6. The Labute approximate surface area is 187 Å². The largest absolute Gasteiger partial charge is 0.350 e. The molecule has 0 aromatic heterocycles. The first-order valence-electron chi connectivity index (χ1n) is 10.6. The zero-order chi connectivity index (χ0) is 23.0. The van der Waals surface area contributed by atoms with Crippen molar-refractivity contribution in [1.82, 2.24) is 0 Å². The molecule has 1 N–H and O–H groups in total. The summed E-state index contributed by atoms with van der Waals surface area (Å²) in [5, 5.41) is 3.13. The molecule has 3 aromatic rings. The number of aryl methyl sites for hydroxylation is 2. The minimum Gasteiger partial charge on any atom is -0.350 e. The normalized spacial score (nSPS) is 14.0. The van der Waals surface area contributed by atoms with Gasteiger partial charge in [-0.3, -0.25) is 9.59 Å². The molecule has 0 unspecified atom stereocenters. The maximum absolute atomic E-state index is 14.5. The van der Waals surface area contributed by atoms with Crippen molar-refractivity contribution in [3.05, 3.63) is 100 Å². The number of nitrogens with one attached hydrogen (secondary N) is 1. The van der Waals surface area contributed by atoms with Crippen LogP contribution < -0.4 is 10.2 Å². The van der Waals surface area contributed by atoms with Crippen LogP contribution in [0.4, 0.5) is 15.8 Å². The van der Waals surface area contributed by atoms with Crippen LogP contribution in [0.15, 0.2) is 72.4 Å². The Morgan fingerprint density at radius 1 is 0.844 bits per heavy atom. The molecular weight excluding hydrogens is 403 g/mol. The summed E-state index contributed by atoms with van der Waals surface area (Å²) >= 11 is 0. The Morgan fingerprint density at radius 3 is 2.16 bits per heavy atom. The highest BCUT2D eigenvalue weighted by Crippen LogP contribution is 2.35. The van der Waals surface area contributed by atoms with Crippen LogP contribution in [0.5, 0.6) is 0 Å². The smallest absolute Gasteiger partial charge is 0.282 e. The van der Waals surface area contributed by atoms with Gasteiger partial charge < -0.3 is 5.32 Å². The number of hydrogen-bond donors (Lipinski definition) is 1. The average Bonchev–Trinajstić information content (AvgIpc) is 3.00. The van der Waals surface area contributed by atoms with E-state index < -0.39 is 17.6 Å². The van der Waals surface area contributed by atoms with Crippen molar-refractivity contribution in [2.24, 2.45) is 0 Å². The van der Waals surface area contributed by atoms with Crippen LogP contribution in [0.25, 0.3) is 5.57 Å². The number of imide groups is 1. The van der Waals surface area contributed by atoms with Crippen molar-refractivity contribution in [1.29, 1.82) is 0 Å². The average molecular weight is 429 g/mol. The summed E-state index contributed by atoms with van der Waals surface area (Å²) in [7, 11) is 0. The van der Waals surface area contributed by atoms with Crippen molar-refractivity contribution < 1.29 is 14.0 Å². The Morgan fingerprint density at radius 2 is 1.53 bits per heavy atom. The van der Waals surface area contributed by atoms with Gasteiger partial charge in [0.1, 0.15) is 11.5 Å². The molecule has 2 amide bonds. The highest BCUT2D eigenvalue weighted by molar-refractivity contribution is 6.46. The van der Waals surface area contributed by atoms with E-state index in [1.54, 1.807) is 6.07 Å². The predicted octanol–water partition coefficient (Wildman–Crippen LogP) is 5.96. The van der Waals surface area contributed by atoms with Gasteiger partial charge in [0.25, 0.3) is 11.8 Å². The molecule has 32 heavy (non-hydrogen) atoms. The molecular formula is C27H25FN2O2. The lowest BCUT2D eigenvalue weighted by molar-refractivity contribution is -0.120. The zero-order valence-electron chi connectivity index (χ0n) is 18.6. The van der Waals surface area contributed by atoms with Gasteiger partial charge in [-0.15, -0.1) is 0 Å². The van der Waals surface area contributed by atoms with Crippen LogP contribution in [-0.2, 0) is 9.59 Å². The van der Waals surface area contributed by atoms with E-state index in [1.165, 1.54) is 23.8 Å². The number of hydrogen-bond acceptors (Lipinski definition) is 3. The van der Waals surface area contributed by atoms with Crippen LogP contribution in [0.2, 0.25) is 0 Å². The highest BCUT2D eigenvalue weighted by Gasteiger charge is 2.41. The molecule has 1 aliphatic heterocycles. The first-order valence-corrected chi connectivity index (χ1v) is 10.6. The number of carbonyl (C=O) groups excluding carboxylic acids is 2. The molecule has 0 radical (unpaired) electrons. The molecule has 1 aliphatic rings. The molecule has 162 valence electrons. The van der Waals surface area contributed by atoms with E-state index in [0.29, 0.717) is 17.2 Å². The number of rotatable bonds is 5. The standard InChI is InChI=1S/C27H25FN2O2/c1-16(2)19-11-13-21(14-12-19)29-25-24(20-10-9-17(3)18(4)15-20)26(31)30(27(25)32)23-8-6-5-7-22(23)28/h5-16,29H,1-4H3. The fraction of sp³-hybridized carbons (Fsp3) is 0.185. The lowest BCUT2D eigenvalue weighted by atomic mass is 9.99. The number of amides is 2. The molecule has 0 saturated heterocycles. The maximum Gasteiger partial charge on any atom is 0.282 e. The lowest BCUT2D eigenvalue weighted by Gasteiger charge is -2.16. The molecule has 0 bridgehead atoms. The van der Waals surface area contributed by atoms with Crippen molar-refractivity contribution >= 4 is 28.8 Å². The molecule has 4 rings (SSSR count). The van der Waals surface area contributed by atoms with Crippen LogP contribution in [0.1, 0.15) is 42.0 Å². The molecule has 0 saturated carbocycles. The SMILES string of the molecule is Cc1ccc(C2=C(Nc3ccc(C(C)C)cc3)C(=O)N(c3ccccc3F)C2=O)cc1C. The summed E-state index contributed by atoms with van der Waals surface area (Å²) in [6.07, 6.45) is 0. The van der Waals surface area contributed by atoms with Gasteiger partial charge in [-0.2, -0.15) is 0 Å². The monoisotopic (exact) mass is 428 g/mol. The minimum absolute atomic E-state index is 0.0595. The van der Waals surface area contributed by atoms with Gasteiger partial charge in [0.2, 0.25) is 0 Å². The third kappa shape index (κ3) is 3.82. The summed E-state index contributed by atoms with van der Waals surface area (Å²) in [5.41, 5.74) is 4.86. The van der Waals surface area contributed by atoms with Gasteiger partial charge in [-0.05, 0) is 66.3 Å². The molecule has 4 nitrogen and oxygen atoms in total. The number of anilines is 2. The van der Waals surface area contributed by atoms with E-state index >= 15 is 0 Å². The molecule has 3 aromatic carbocycles. The van der Waals surface area contributed by atoms with Gasteiger partial charge in [-0.1, -0.05) is 56.3 Å². The summed E-state index contributed by atoms with van der Waals surface area (Å²) in [5.74, 6) is -1.39. The number of benzene rings is 3. The van der Waals surface area contributed by atoms with Gasteiger partial charge in [-0.25, -0.2) is 9.29 Å². The van der Waals surface area contributed by atoms with Crippen LogP contribution in [-0.4, -0.2) is 11.8 Å². The van der Waals surface area contributed by atoms with Crippen molar-refractivity contribution in [3.8, 4) is 0 Å². The second kappa shape index (κ2) is 8.42. The van der Waals surface area contributed by atoms with E-state index in [1.807, 2.05) is 56.3 Å². The van der Waals surface area contributed by atoms with E-state index in [0.717, 1.165) is 16.0 Å². The molecule has 0 fully saturated rings. The lowest BCUT2D eigenvalue weighted by Crippen LogP contribution is -2.33. The van der Waals surface area contributed by atoms with Crippen LogP contribution in [0, 0.1) is 19.7 Å². The maximum atomic E-state index is 14.5. The molecule has 0 atom stereocenters. The summed E-state index contributed by atoms with van der Waals surface area (Å²) < 4.78 is 14.5. The van der Waals surface area contributed by atoms with E-state index in [2.05, 4.69) is 19.2 Å². The predicted molar refractivity (Wildman–Crippen MR) is 126 cm³/mol. The van der Waals surface area contributed by atoms with Gasteiger partial charge in [0.05, 0.1) is 11.3 Å². The van der Waals surface area contributed by atoms with Gasteiger partial charge >= 0.3 is 0 Å². The third-order valence-corrected chi connectivity index (χ3v) is 5.82. The second-order valence-corrected chi connectivity index (χ2v) is 8.35. The van der Waals surface area contributed by atoms with Crippen LogP contribution >= 0.6 is 0 Å². The number of para-hydroxylation sites is 1. The van der Waals surface area contributed by atoms with Gasteiger partial charge in [0.15, 0.2) is 0 Å². The first-order chi connectivity index (χ1) is 15.3. The van der Waals surface area contributed by atoms with Crippen LogP contribution in [0.3, 0.4) is 0 Å². The minimum atomic E-state index is -0.629. The van der Waals surface area contributed by atoms with E-state index in [-0.39, 0.29) is 17.0 Å². The number of nitrogens with zero attached hydrogens (tertiary/aromatic N) is 1. The number of carbonyl (C=O) groups is 2. The Kier molecular flexibility index (Phi) is 5.66. The first kappa shape index (κ1) is 21.5. The topological polar surface area (TPSA) is 49.4 Å².